The molecule has 4 nitrogen and oxygen atoms in total. The fourth-order valence-corrected chi connectivity index (χ4v) is 2.64. The predicted octanol–water partition coefficient (Wildman–Crippen LogP) is 1.35. The third-order valence-corrected chi connectivity index (χ3v) is 3.32. The van der Waals surface area contributed by atoms with Gasteiger partial charge in [-0.2, -0.15) is 0 Å². The first-order valence-electron chi connectivity index (χ1n) is 5.54. The van der Waals surface area contributed by atoms with E-state index in [0.29, 0.717) is 13.1 Å². The van der Waals surface area contributed by atoms with Crippen LogP contribution < -0.4 is 0 Å². The number of aliphatic hydroxyl groups is 1. The van der Waals surface area contributed by atoms with Crippen LogP contribution in [0, 0.1) is 6.92 Å². The number of amides is 1. The average molecular weight is 242 g/mol. The van der Waals surface area contributed by atoms with Gasteiger partial charge in [-0.25, -0.2) is 4.98 Å². The summed E-state index contributed by atoms with van der Waals surface area (Å²) in [6, 6.07) is 0. The molecule has 1 aliphatic heterocycles. The van der Waals surface area contributed by atoms with Crippen LogP contribution in [-0.4, -0.2) is 34.0 Å². The van der Waals surface area contributed by atoms with Gasteiger partial charge in [0.1, 0.15) is 6.61 Å². The molecule has 1 amide bonds. The van der Waals surface area contributed by atoms with Gasteiger partial charge in [0.25, 0.3) is 0 Å². The van der Waals surface area contributed by atoms with Gasteiger partial charge in [-0.15, -0.1) is 11.3 Å². The molecule has 2 rings (SSSR count). The number of aryl methyl sites for hydroxylation is 1. The zero-order chi connectivity index (χ0) is 12.1. The van der Waals surface area contributed by atoms with Crippen LogP contribution in [0.3, 0.4) is 0 Å². The van der Waals surface area contributed by atoms with Crippen molar-refractivity contribution < 1.29 is 9.90 Å². The van der Waals surface area contributed by atoms with Gasteiger partial charge >= 0.3 is 0 Å². The molecule has 0 saturated heterocycles. The van der Waals surface area contributed by atoms with E-state index in [4.69, 9.17) is 5.11 Å². The van der Waals surface area contributed by atoms with Crippen molar-refractivity contribution in [3.8, 4) is 0 Å². The van der Waals surface area contributed by atoms with E-state index < -0.39 is 6.61 Å². The minimum absolute atomic E-state index is 0.193. The number of nitrogens with zero attached hydrogens (tertiary/aromatic N) is 2. The largest absolute Gasteiger partial charge is 0.387 e. The lowest BCUT2D eigenvalue weighted by Gasteiger charge is -2.25. The topological polar surface area (TPSA) is 53.4 Å². The second-order valence-electron chi connectivity index (χ2n) is 3.33. The van der Waals surface area contributed by atoms with Gasteiger partial charge in [0, 0.05) is 17.8 Å². The number of aromatic nitrogens is 1. The van der Waals surface area contributed by atoms with Crippen LogP contribution in [0.25, 0.3) is 0 Å². The summed E-state index contributed by atoms with van der Waals surface area (Å²) in [5.41, 5.74) is 1.12. The van der Waals surface area contributed by atoms with E-state index in [1.807, 2.05) is 20.8 Å². The third kappa shape index (κ3) is 2.80. The van der Waals surface area contributed by atoms with Gasteiger partial charge in [-0.05, 0) is 6.92 Å². The molecule has 2 heterocycles. The van der Waals surface area contributed by atoms with E-state index in [-0.39, 0.29) is 5.91 Å². The second-order valence-corrected chi connectivity index (χ2v) is 4.61. The summed E-state index contributed by atoms with van der Waals surface area (Å²) in [5, 5.41) is 9.79. The van der Waals surface area contributed by atoms with Crippen LogP contribution in [0.15, 0.2) is 0 Å². The van der Waals surface area contributed by atoms with Crippen molar-refractivity contribution in [1.29, 1.82) is 0 Å². The number of carbonyl (C=O) groups is 1. The molecule has 1 aliphatic rings. The highest BCUT2D eigenvalue weighted by atomic mass is 32.1. The van der Waals surface area contributed by atoms with Gasteiger partial charge in [0.2, 0.25) is 5.91 Å². The fraction of sp³-hybridized carbons (Fsp3) is 0.636. The Balaban J connectivity index is 0.000000606. The zero-order valence-electron chi connectivity index (χ0n) is 9.99. The summed E-state index contributed by atoms with van der Waals surface area (Å²) in [4.78, 5) is 18.5. The summed E-state index contributed by atoms with van der Waals surface area (Å²) >= 11 is 1.64. The Morgan fingerprint density at radius 2 is 2.25 bits per heavy atom. The Morgan fingerprint density at radius 3 is 2.88 bits per heavy atom. The quantitative estimate of drug-likeness (QED) is 0.809. The lowest BCUT2D eigenvalue weighted by atomic mass is 10.2. The number of hydrogen-bond donors (Lipinski definition) is 1. The number of aliphatic hydroxyl groups excluding tert-OH is 1. The standard InChI is InChI=1S/C9H12N2O2S.C2H6/c1-6-10-7-2-3-11(9(13)5-12)4-8(7)14-6;1-2/h12H,2-5H2,1H3;1-2H3. The fourth-order valence-electron chi connectivity index (χ4n) is 1.64. The first-order chi connectivity index (χ1) is 7.70. The van der Waals surface area contributed by atoms with Crippen LogP contribution in [0.4, 0.5) is 0 Å². The van der Waals surface area contributed by atoms with Crippen molar-refractivity contribution in [2.45, 2.75) is 33.7 Å². The molecule has 5 heteroatoms. The van der Waals surface area contributed by atoms with Crippen LogP contribution >= 0.6 is 11.3 Å². The number of rotatable bonds is 1. The normalized spacial score (nSPS) is 13.9. The van der Waals surface area contributed by atoms with E-state index >= 15 is 0 Å². The molecule has 0 aromatic carbocycles. The molecule has 1 N–H and O–H groups in total. The summed E-state index contributed by atoms with van der Waals surface area (Å²) in [6.07, 6.45) is 0.811. The lowest BCUT2D eigenvalue weighted by Crippen LogP contribution is -2.37. The van der Waals surface area contributed by atoms with Crippen LogP contribution in [0.5, 0.6) is 0 Å². The molecular weight excluding hydrogens is 224 g/mol. The highest BCUT2D eigenvalue weighted by Gasteiger charge is 2.22. The number of hydrogen-bond acceptors (Lipinski definition) is 4. The van der Waals surface area contributed by atoms with Crippen molar-refractivity contribution in [1.82, 2.24) is 9.88 Å². The maximum Gasteiger partial charge on any atom is 0.248 e. The minimum Gasteiger partial charge on any atom is -0.387 e. The van der Waals surface area contributed by atoms with E-state index in [9.17, 15) is 4.79 Å². The van der Waals surface area contributed by atoms with E-state index in [0.717, 1.165) is 22.0 Å². The van der Waals surface area contributed by atoms with Crippen molar-refractivity contribution in [3.05, 3.63) is 15.6 Å². The molecule has 0 spiro atoms. The van der Waals surface area contributed by atoms with Gasteiger partial charge in [0.05, 0.1) is 17.2 Å². The van der Waals surface area contributed by atoms with Crippen LogP contribution in [0.2, 0.25) is 0 Å². The van der Waals surface area contributed by atoms with Gasteiger partial charge in [-0.3, -0.25) is 4.79 Å². The first-order valence-corrected chi connectivity index (χ1v) is 6.36. The molecule has 0 aliphatic carbocycles. The number of carbonyl (C=O) groups excluding carboxylic acids is 1. The molecule has 1 aromatic heterocycles. The second kappa shape index (κ2) is 5.96. The average Bonchev–Trinajstić information content (AvgIpc) is 2.69. The Kier molecular flexibility index (Phi) is 4.89. The van der Waals surface area contributed by atoms with E-state index in [2.05, 4.69) is 4.98 Å². The number of thiazole rings is 1. The molecule has 0 bridgehead atoms. The van der Waals surface area contributed by atoms with Gasteiger partial charge in [0.15, 0.2) is 0 Å². The lowest BCUT2D eigenvalue weighted by molar-refractivity contribution is -0.135. The summed E-state index contributed by atoms with van der Waals surface area (Å²) in [6.45, 7) is 6.87. The van der Waals surface area contributed by atoms with Gasteiger partial charge < -0.3 is 10.0 Å². The molecule has 0 atom stereocenters. The Morgan fingerprint density at radius 1 is 1.56 bits per heavy atom. The molecule has 90 valence electrons. The first kappa shape index (κ1) is 13.1. The maximum absolute atomic E-state index is 11.2. The van der Waals surface area contributed by atoms with Crippen LogP contribution in [-0.2, 0) is 17.8 Å². The summed E-state index contributed by atoms with van der Waals surface area (Å²) in [7, 11) is 0. The Hall–Kier alpha value is -0.940. The molecule has 0 saturated carbocycles. The molecule has 0 radical (unpaired) electrons. The van der Waals surface area contributed by atoms with E-state index in [1.54, 1.807) is 16.2 Å². The Labute approximate surface area is 99.9 Å². The van der Waals surface area contributed by atoms with Crippen molar-refractivity contribution in [3.63, 3.8) is 0 Å². The minimum atomic E-state index is -0.396. The highest BCUT2D eigenvalue weighted by Crippen LogP contribution is 2.24. The predicted molar refractivity (Wildman–Crippen MR) is 64.4 cm³/mol. The monoisotopic (exact) mass is 242 g/mol. The zero-order valence-corrected chi connectivity index (χ0v) is 10.8. The summed E-state index contributed by atoms with van der Waals surface area (Å²) in [5.74, 6) is -0.193. The van der Waals surface area contributed by atoms with Gasteiger partial charge in [-0.1, -0.05) is 13.8 Å². The van der Waals surface area contributed by atoms with E-state index in [1.165, 1.54) is 0 Å². The molecule has 16 heavy (non-hydrogen) atoms. The SMILES string of the molecule is CC.Cc1nc2c(s1)CN(C(=O)CO)CC2. The highest BCUT2D eigenvalue weighted by molar-refractivity contribution is 7.11. The third-order valence-electron chi connectivity index (χ3n) is 2.33. The molecular formula is C11H18N2O2S. The van der Waals surface area contributed by atoms with Crippen molar-refractivity contribution >= 4 is 17.2 Å². The molecule has 0 unspecified atom stereocenters. The maximum atomic E-state index is 11.2. The smallest absolute Gasteiger partial charge is 0.248 e. The molecule has 0 fully saturated rings. The Bertz CT molecular complexity index is 363. The van der Waals surface area contributed by atoms with Crippen molar-refractivity contribution in [2.24, 2.45) is 0 Å². The molecule has 1 aromatic rings. The summed E-state index contributed by atoms with van der Waals surface area (Å²) < 4.78 is 0. The van der Waals surface area contributed by atoms with Crippen LogP contribution in [0.1, 0.15) is 29.4 Å². The van der Waals surface area contributed by atoms with Crippen molar-refractivity contribution in [2.75, 3.05) is 13.2 Å². The number of fused-ring (bicyclic) bond motifs is 1.